The predicted octanol–water partition coefficient (Wildman–Crippen LogP) is 0.0267. The molecule has 4 heteroatoms. The third kappa shape index (κ3) is 4.23. The van der Waals surface area contributed by atoms with Gasteiger partial charge in [-0.15, -0.1) is 5.92 Å². The summed E-state index contributed by atoms with van der Waals surface area (Å²) >= 11 is 0. The molecule has 0 aliphatic rings. The van der Waals surface area contributed by atoms with E-state index in [1.54, 1.807) is 13.8 Å². The number of hydrogen-bond acceptors (Lipinski definition) is 2. The second kappa shape index (κ2) is 4.58. The zero-order chi connectivity index (χ0) is 8.85. The molecule has 0 heterocycles. The number of aliphatic hydroxyl groups excluding tert-OH is 1. The van der Waals surface area contributed by atoms with E-state index >= 15 is 0 Å². The quantitative estimate of drug-likeness (QED) is 0.495. The van der Waals surface area contributed by atoms with Crippen LogP contribution in [0.3, 0.4) is 0 Å². The van der Waals surface area contributed by atoms with Gasteiger partial charge in [-0.05, 0) is 13.8 Å². The first kappa shape index (κ1) is 9.79. The van der Waals surface area contributed by atoms with Gasteiger partial charge in [0, 0.05) is 0 Å². The molecule has 3 N–H and O–H groups in total. The van der Waals surface area contributed by atoms with Gasteiger partial charge in [-0.1, -0.05) is 5.92 Å². The Hall–Kier alpha value is -1.21. The molecule has 0 rings (SSSR count). The predicted molar refractivity (Wildman–Crippen MR) is 40.1 cm³/mol. The molecule has 0 radical (unpaired) electrons. The van der Waals surface area contributed by atoms with E-state index < -0.39 is 18.2 Å². The smallest absolute Gasteiger partial charge is 0.404 e. The Bertz CT molecular complexity index is 192. The number of rotatable bonds is 2. The van der Waals surface area contributed by atoms with Crippen molar-refractivity contribution in [3.8, 4) is 11.8 Å². The molecule has 62 valence electrons. The van der Waals surface area contributed by atoms with E-state index in [1.807, 2.05) is 0 Å². The van der Waals surface area contributed by atoms with Crippen LogP contribution in [0.25, 0.3) is 0 Å². The molecule has 1 unspecified atom stereocenters. The lowest BCUT2D eigenvalue weighted by molar-refractivity contribution is 0.161. The summed E-state index contributed by atoms with van der Waals surface area (Å²) in [7, 11) is 0. The fourth-order valence-corrected chi connectivity index (χ4v) is 0.547. The molecule has 0 spiro atoms. The molecular formula is C7H11NO3. The second-order valence-corrected chi connectivity index (χ2v) is 2.08. The van der Waals surface area contributed by atoms with E-state index in [0.29, 0.717) is 0 Å². The minimum absolute atomic E-state index is 0.556. The molecule has 0 aromatic heterocycles. The van der Waals surface area contributed by atoms with Crippen LogP contribution in [0.5, 0.6) is 0 Å². The van der Waals surface area contributed by atoms with Crippen LogP contribution < -0.4 is 5.32 Å². The summed E-state index contributed by atoms with van der Waals surface area (Å²) < 4.78 is 0. The number of carboxylic acid groups (broad SMARTS) is 1. The van der Waals surface area contributed by atoms with Crippen molar-refractivity contribution in [3.63, 3.8) is 0 Å². The number of hydrogen-bond donors (Lipinski definition) is 3. The standard InChI is InChI=1S/C7H11NO3/c1-3-4-6(9)5(2)8-7(10)11/h5-6,8-9H,1-2H3,(H,10,11)/t5-,6?/m0/s1. The molecule has 11 heavy (non-hydrogen) atoms. The fourth-order valence-electron chi connectivity index (χ4n) is 0.547. The van der Waals surface area contributed by atoms with Gasteiger partial charge in [-0.2, -0.15) is 0 Å². The number of amides is 1. The third-order valence-electron chi connectivity index (χ3n) is 1.12. The van der Waals surface area contributed by atoms with Crippen LogP contribution in [0.2, 0.25) is 0 Å². The van der Waals surface area contributed by atoms with Crippen LogP contribution >= 0.6 is 0 Å². The lowest BCUT2D eigenvalue weighted by Crippen LogP contribution is -2.39. The largest absolute Gasteiger partial charge is 0.465 e. The van der Waals surface area contributed by atoms with Gasteiger partial charge in [-0.3, -0.25) is 0 Å². The van der Waals surface area contributed by atoms with Crippen molar-refractivity contribution >= 4 is 6.09 Å². The van der Waals surface area contributed by atoms with Crippen LogP contribution in [-0.4, -0.2) is 28.5 Å². The van der Waals surface area contributed by atoms with E-state index in [4.69, 9.17) is 10.2 Å². The van der Waals surface area contributed by atoms with E-state index in [-0.39, 0.29) is 0 Å². The second-order valence-electron chi connectivity index (χ2n) is 2.08. The molecule has 4 nitrogen and oxygen atoms in total. The number of carbonyl (C=O) groups is 1. The SMILES string of the molecule is CC#CC(O)[C@H](C)NC(=O)O. The Labute approximate surface area is 65.2 Å². The van der Waals surface area contributed by atoms with Gasteiger partial charge in [0.25, 0.3) is 0 Å². The van der Waals surface area contributed by atoms with Crippen molar-refractivity contribution in [1.29, 1.82) is 0 Å². The number of aliphatic hydroxyl groups is 1. The maximum atomic E-state index is 10.0. The molecule has 0 aromatic carbocycles. The average Bonchev–Trinajstić information content (AvgIpc) is 1.86. The Morgan fingerprint density at radius 1 is 1.64 bits per heavy atom. The van der Waals surface area contributed by atoms with Gasteiger partial charge >= 0.3 is 6.09 Å². The Balaban J connectivity index is 3.88. The maximum absolute atomic E-state index is 10.0. The monoisotopic (exact) mass is 157 g/mol. The summed E-state index contributed by atoms with van der Waals surface area (Å²) in [6.07, 6.45) is -2.09. The van der Waals surface area contributed by atoms with Gasteiger partial charge in [0.1, 0.15) is 6.10 Å². The molecule has 0 aromatic rings. The Kier molecular flexibility index (Phi) is 4.08. The van der Waals surface area contributed by atoms with Gasteiger partial charge in [0.15, 0.2) is 0 Å². The minimum Gasteiger partial charge on any atom is -0.465 e. The van der Waals surface area contributed by atoms with Crippen molar-refractivity contribution < 1.29 is 15.0 Å². The molecule has 0 saturated heterocycles. The van der Waals surface area contributed by atoms with Crippen molar-refractivity contribution in [1.82, 2.24) is 5.32 Å². The molecule has 0 saturated carbocycles. The van der Waals surface area contributed by atoms with Crippen LogP contribution in [0, 0.1) is 11.8 Å². The lowest BCUT2D eigenvalue weighted by Gasteiger charge is -2.12. The summed E-state index contributed by atoms with van der Waals surface area (Å²) in [5.41, 5.74) is 0. The van der Waals surface area contributed by atoms with E-state index in [9.17, 15) is 4.79 Å². The maximum Gasteiger partial charge on any atom is 0.404 e. The van der Waals surface area contributed by atoms with Gasteiger partial charge in [0.2, 0.25) is 0 Å². The van der Waals surface area contributed by atoms with Crippen molar-refractivity contribution in [2.75, 3.05) is 0 Å². The fraction of sp³-hybridized carbons (Fsp3) is 0.571. The van der Waals surface area contributed by atoms with Crippen molar-refractivity contribution in [2.45, 2.75) is 26.0 Å². The van der Waals surface area contributed by atoms with E-state index in [0.717, 1.165) is 0 Å². The molecule has 0 aliphatic carbocycles. The molecule has 0 bridgehead atoms. The summed E-state index contributed by atoms with van der Waals surface area (Å²) in [5, 5.41) is 19.4. The van der Waals surface area contributed by atoms with Gasteiger partial charge < -0.3 is 15.5 Å². The summed E-state index contributed by atoms with van der Waals surface area (Å²) in [4.78, 5) is 10.0. The number of nitrogens with one attached hydrogen (secondary N) is 1. The van der Waals surface area contributed by atoms with Crippen LogP contribution in [0.1, 0.15) is 13.8 Å². The minimum atomic E-state index is -1.16. The molecular weight excluding hydrogens is 146 g/mol. The van der Waals surface area contributed by atoms with Crippen LogP contribution in [0.15, 0.2) is 0 Å². The van der Waals surface area contributed by atoms with E-state index in [2.05, 4.69) is 17.2 Å². The third-order valence-corrected chi connectivity index (χ3v) is 1.12. The average molecular weight is 157 g/mol. The Morgan fingerprint density at radius 2 is 2.18 bits per heavy atom. The molecule has 0 fully saturated rings. The van der Waals surface area contributed by atoms with Gasteiger partial charge in [0.05, 0.1) is 6.04 Å². The van der Waals surface area contributed by atoms with E-state index in [1.165, 1.54) is 0 Å². The highest BCUT2D eigenvalue weighted by atomic mass is 16.4. The highest BCUT2D eigenvalue weighted by Gasteiger charge is 2.12. The van der Waals surface area contributed by atoms with Gasteiger partial charge in [-0.25, -0.2) is 4.79 Å². The first-order valence-electron chi connectivity index (χ1n) is 3.17. The summed E-state index contributed by atoms with van der Waals surface area (Å²) in [6.45, 7) is 3.12. The zero-order valence-electron chi connectivity index (χ0n) is 6.46. The van der Waals surface area contributed by atoms with Crippen molar-refractivity contribution in [2.24, 2.45) is 0 Å². The summed E-state index contributed by atoms with van der Waals surface area (Å²) in [6, 6.07) is -0.556. The Morgan fingerprint density at radius 3 is 2.55 bits per heavy atom. The highest BCUT2D eigenvalue weighted by Crippen LogP contribution is 1.89. The van der Waals surface area contributed by atoms with Crippen LogP contribution in [-0.2, 0) is 0 Å². The van der Waals surface area contributed by atoms with Crippen molar-refractivity contribution in [3.05, 3.63) is 0 Å². The molecule has 1 amide bonds. The summed E-state index contributed by atoms with van der Waals surface area (Å²) in [5.74, 6) is 4.92. The zero-order valence-corrected chi connectivity index (χ0v) is 6.46. The van der Waals surface area contributed by atoms with Crippen LogP contribution in [0.4, 0.5) is 4.79 Å². The highest BCUT2D eigenvalue weighted by molar-refractivity contribution is 5.64. The normalized spacial score (nSPS) is 14.1. The first-order valence-corrected chi connectivity index (χ1v) is 3.17. The topological polar surface area (TPSA) is 69.6 Å². The molecule has 2 atom stereocenters. The molecule has 0 aliphatic heterocycles. The first-order chi connectivity index (χ1) is 5.07. The lowest BCUT2D eigenvalue weighted by atomic mass is 10.2.